The lowest BCUT2D eigenvalue weighted by molar-refractivity contribution is 0.0779. The molecule has 3 rings (SSSR count). The average molecular weight is 637 g/mol. The first-order valence-electron chi connectivity index (χ1n) is 16.1. The van der Waals surface area contributed by atoms with Gasteiger partial charge in [0.25, 0.3) is 5.91 Å². The molecular weight excluding hydrogens is 584 g/mol. The standard InChI is InChI=1S/C35H52N6O5/c1-10-13-21-40(30-19-18-29(44-8)25-31(30)45-9)34(43)46-32-20-22-41(26(4)5)35(6,37-32)36-28-16-14-27(15-17-28)33(42)38(7)23-24-39(11-2)12-3/h14-20,22,25-26,36H,10-13,21,23-24H2,1-9H3. The smallest absolute Gasteiger partial charge is 0.421 e. The molecule has 11 nitrogen and oxygen atoms in total. The van der Waals surface area contributed by atoms with Crippen LogP contribution in [0.5, 0.6) is 11.5 Å². The van der Waals surface area contributed by atoms with Gasteiger partial charge in [-0.2, -0.15) is 0 Å². The first-order valence-corrected chi connectivity index (χ1v) is 16.1. The molecule has 1 aliphatic rings. The maximum atomic E-state index is 13.6. The first-order chi connectivity index (χ1) is 22.0. The number of carbonyl (C=O) groups excluding carboxylic acids is 2. The summed E-state index contributed by atoms with van der Waals surface area (Å²) < 4.78 is 16.8. The van der Waals surface area contributed by atoms with Crippen molar-refractivity contribution in [3.63, 3.8) is 0 Å². The van der Waals surface area contributed by atoms with Crippen LogP contribution in [0.1, 0.15) is 64.7 Å². The summed E-state index contributed by atoms with van der Waals surface area (Å²) in [5.41, 5.74) is 1.97. The number of hydrogen-bond acceptors (Lipinski definition) is 9. The van der Waals surface area contributed by atoms with Crippen molar-refractivity contribution in [2.24, 2.45) is 4.99 Å². The Hall–Kier alpha value is -4.25. The fourth-order valence-electron chi connectivity index (χ4n) is 5.32. The summed E-state index contributed by atoms with van der Waals surface area (Å²) in [7, 11) is 4.97. The lowest BCUT2D eigenvalue weighted by atomic mass is 10.1. The van der Waals surface area contributed by atoms with Gasteiger partial charge in [0.05, 0.1) is 19.9 Å². The van der Waals surface area contributed by atoms with E-state index in [1.807, 2.05) is 49.3 Å². The number of ether oxygens (including phenoxy) is 3. The summed E-state index contributed by atoms with van der Waals surface area (Å²) in [6.45, 7) is 16.2. The molecular formula is C35H52N6O5. The molecule has 0 aliphatic carbocycles. The molecule has 252 valence electrons. The Balaban J connectivity index is 1.81. The number of nitrogens with zero attached hydrogens (tertiary/aromatic N) is 5. The van der Waals surface area contributed by atoms with Crippen LogP contribution in [0.25, 0.3) is 0 Å². The van der Waals surface area contributed by atoms with Gasteiger partial charge in [-0.1, -0.05) is 27.2 Å². The fraction of sp³-hybridized carbons (Fsp3) is 0.514. The van der Waals surface area contributed by atoms with Gasteiger partial charge in [0.2, 0.25) is 11.7 Å². The topological polar surface area (TPSA) is 99.2 Å². The molecule has 11 heteroatoms. The number of nitrogens with one attached hydrogen (secondary N) is 1. The van der Waals surface area contributed by atoms with Crippen LogP contribution in [0.15, 0.2) is 59.7 Å². The van der Waals surface area contributed by atoms with Crippen LogP contribution in [0.4, 0.5) is 16.2 Å². The van der Waals surface area contributed by atoms with Crippen LogP contribution in [-0.2, 0) is 4.74 Å². The summed E-state index contributed by atoms with van der Waals surface area (Å²) in [5, 5.41) is 3.49. The zero-order valence-electron chi connectivity index (χ0n) is 29.0. The van der Waals surface area contributed by atoms with Crippen molar-refractivity contribution in [3.05, 3.63) is 60.3 Å². The minimum Gasteiger partial charge on any atom is -0.497 e. The van der Waals surface area contributed by atoms with Crippen molar-refractivity contribution in [2.45, 2.75) is 66.2 Å². The average Bonchev–Trinajstić information content (AvgIpc) is 3.05. The summed E-state index contributed by atoms with van der Waals surface area (Å²) in [5.74, 6) is 0.300. The van der Waals surface area contributed by atoms with E-state index in [0.717, 1.165) is 38.2 Å². The van der Waals surface area contributed by atoms with E-state index < -0.39 is 11.9 Å². The van der Waals surface area contributed by atoms with E-state index in [-0.39, 0.29) is 17.8 Å². The van der Waals surface area contributed by atoms with Gasteiger partial charge in [0.1, 0.15) is 11.5 Å². The Kier molecular flexibility index (Phi) is 13.3. The van der Waals surface area contributed by atoms with Crippen molar-refractivity contribution in [3.8, 4) is 11.5 Å². The van der Waals surface area contributed by atoms with Crippen LogP contribution in [0.3, 0.4) is 0 Å². The van der Waals surface area contributed by atoms with Crippen molar-refractivity contribution in [1.82, 2.24) is 14.7 Å². The molecule has 1 aliphatic heterocycles. The Bertz CT molecular complexity index is 1360. The monoisotopic (exact) mass is 636 g/mol. The van der Waals surface area contributed by atoms with Crippen LogP contribution >= 0.6 is 0 Å². The number of likely N-dealkylation sites (N-methyl/N-ethyl adjacent to an activating group) is 2. The highest BCUT2D eigenvalue weighted by molar-refractivity contribution is 6.02. The molecule has 1 N–H and O–H groups in total. The van der Waals surface area contributed by atoms with E-state index in [1.54, 1.807) is 48.3 Å². The van der Waals surface area contributed by atoms with E-state index >= 15 is 0 Å². The zero-order chi connectivity index (χ0) is 33.9. The van der Waals surface area contributed by atoms with Crippen molar-refractivity contribution < 1.29 is 23.8 Å². The van der Waals surface area contributed by atoms with Crippen molar-refractivity contribution in [1.29, 1.82) is 0 Å². The molecule has 1 unspecified atom stereocenters. The molecule has 0 aromatic heterocycles. The number of rotatable bonds is 15. The number of hydrogen-bond donors (Lipinski definition) is 1. The Labute approximate surface area is 274 Å². The number of anilines is 2. The number of methoxy groups -OCH3 is 2. The third kappa shape index (κ3) is 9.15. The van der Waals surface area contributed by atoms with E-state index in [1.165, 1.54) is 0 Å². The van der Waals surface area contributed by atoms with Crippen LogP contribution in [0.2, 0.25) is 0 Å². The number of carbonyl (C=O) groups is 2. The van der Waals surface area contributed by atoms with Gasteiger partial charge in [0.15, 0.2) is 0 Å². The molecule has 1 atom stereocenters. The predicted molar refractivity (Wildman–Crippen MR) is 185 cm³/mol. The summed E-state index contributed by atoms with van der Waals surface area (Å²) in [4.78, 5) is 39.2. The largest absolute Gasteiger partial charge is 0.497 e. The van der Waals surface area contributed by atoms with E-state index in [9.17, 15) is 9.59 Å². The lowest BCUT2D eigenvalue weighted by Gasteiger charge is -2.43. The normalized spacial score (nSPS) is 15.9. The quantitative estimate of drug-likeness (QED) is 0.244. The highest BCUT2D eigenvalue weighted by Gasteiger charge is 2.35. The molecule has 0 radical (unpaired) electrons. The number of amides is 2. The molecule has 2 amide bonds. The molecule has 1 heterocycles. The number of aliphatic imine (C=N–C) groups is 1. The second-order valence-corrected chi connectivity index (χ2v) is 11.7. The second-order valence-electron chi connectivity index (χ2n) is 11.7. The molecule has 46 heavy (non-hydrogen) atoms. The number of unbranched alkanes of at least 4 members (excludes halogenated alkanes) is 1. The summed E-state index contributed by atoms with van der Waals surface area (Å²) >= 11 is 0. The highest BCUT2D eigenvalue weighted by Crippen LogP contribution is 2.33. The van der Waals surface area contributed by atoms with Gasteiger partial charge in [0, 0.05) is 62.3 Å². The van der Waals surface area contributed by atoms with Gasteiger partial charge in [-0.3, -0.25) is 9.69 Å². The van der Waals surface area contributed by atoms with Crippen molar-refractivity contribution >= 4 is 29.3 Å². The van der Waals surface area contributed by atoms with Crippen molar-refractivity contribution in [2.75, 3.05) is 64.2 Å². The highest BCUT2D eigenvalue weighted by atomic mass is 16.6. The predicted octanol–water partition coefficient (Wildman–Crippen LogP) is 6.28. The molecule has 0 spiro atoms. The van der Waals surface area contributed by atoms with Gasteiger partial charge < -0.3 is 34.2 Å². The third-order valence-electron chi connectivity index (χ3n) is 8.10. The van der Waals surface area contributed by atoms with Gasteiger partial charge >= 0.3 is 6.09 Å². The van der Waals surface area contributed by atoms with Gasteiger partial charge in [-0.25, -0.2) is 9.79 Å². The minimum atomic E-state index is -0.976. The maximum Gasteiger partial charge on any atom is 0.421 e. The SMILES string of the molecule is CCCCN(C(=O)OC1=NC(C)(Nc2ccc(C(=O)N(C)CCN(CC)CC)cc2)N(C(C)C)C=C1)c1ccc(OC)cc1OC. The maximum absolute atomic E-state index is 13.6. The minimum absolute atomic E-state index is 0.0253. The second kappa shape index (κ2) is 16.9. The first kappa shape index (κ1) is 36.2. The third-order valence-corrected chi connectivity index (χ3v) is 8.10. The summed E-state index contributed by atoms with van der Waals surface area (Å²) in [6.07, 6.45) is 4.68. The molecule has 0 bridgehead atoms. The van der Waals surface area contributed by atoms with Gasteiger partial charge in [-0.15, -0.1) is 0 Å². The Morgan fingerprint density at radius 1 is 0.978 bits per heavy atom. The van der Waals surface area contributed by atoms with E-state index in [4.69, 9.17) is 19.2 Å². The molecule has 0 saturated heterocycles. The van der Waals surface area contributed by atoms with Crippen LogP contribution in [0, 0.1) is 0 Å². The molecule has 0 saturated carbocycles. The summed E-state index contributed by atoms with van der Waals surface area (Å²) in [6, 6.07) is 12.8. The lowest BCUT2D eigenvalue weighted by Crippen LogP contribution is -2.53. The van der Waals surface area contributed by atoms with E-state index in [0.29, 0.717) is 35.8 Å². The van der Waals surface area contributed by atoms with E-state index in [2.05, 4.69) is 44.8 Å². The Morgan fingerprint density at radius 2 is 1.67 bits per heavy atom. The fourth-order valence-corrected chi connectivity index (χ4v) is 5.32. The van der Waals surface area contributed by atoms with Crippen LogP contribution in [-0.4, -0.2) is 98.4 Å². The molecule has 2 aromatic rings. The molecule has 0 fully saturated rings. The van der Waals surface area contributed by atoms with Crippen LogP contribution < -0.4 is 19.7 Å². The van der Waals surface area contributed by atoms with Gasteiger partial charge in [-0.05, 0) is 76.7 Å². The Morgan fingerprint density at radius 3 is 2.26 bits per heavy atom. The number of benzene rings is 2. The zero-order valence-corrected chi connectivity index (χ0v) is 29.0. The molecule has 2 aromatic carbocycles.